The second-order valence-corrected chi connectivity index (χ2v) is 8.51. The predicted octanol–water partition coefficient (Wildman–Crippen LogP) is 4.22. The summed E-state index contributed by atoms with van der Waals surface area (Å²) >= 11 is 1.34. The third-order valence-electron chi connectivity index (χ3n) is 4.91. The molecule has 0 spiro atoms. The van der Waals surface area contributed by atoms with Crippen LogP contribution in [0, 0.1) is 20.8 Å². The van der Waals surface area contributed by atoms with Gasteiger partial charge in [-0.2, -0.15) is 0 Å². The molecule has 1 aliphatic heterocycles. The summed E-state index contributed by atoms with van der Waals surface area (Å²) in [6.45, 7) is 6.72. The quantitative estimate of drug-likeness (QED) is 0.721. The molecule has 30 heavy (non-hydrogen) atoms. The van der Waals surface area contributed by atoms with Crippen LogP contribution >= 0.6 is 11.8 Å². The number of anilines is 1. The van der Waals surface area contributed by atoms with Gasteiger partial charge in [-0.25, -0.2) is 4.99 Å². The van der Waals surface area contributed by atoms with Crippen molar-refractivity contribution in [3.63, 3.8) is 0 Å². The Bertz CT molecular complexity index is 974. The third-order valence-corrected chi connectivity index (χ3v) is 6.08. The molecule has 1 saturated heterocycles. The molecule has 1 atom stereocenters. The predicted molar refractivity (Wildman–Crippen MR) is 122 cm³/mol. The van der Waals surface area contributed by atoms with Gasteiger partial charge in [-0.15, -0.1) is 0 Å². The summed E-state index contributed by atoms with van der Waals surface area (Å²) in [5, 5.41) is 3.04. The van der Waals surface area contributed by atoms with Crippen LogP contribution in [0.15, 0.2) is 47.5 Å². The highest BCUT2D eigenvalue weighted by Crippen LogP contribution is 2.32. The van der Waals surface area contributed by atoms with Crippen molar-refractivity contribution >= 4 is 40.1 Å². The maximum atomic E-state index is 13.0. The molecule has 1 heterocycles. The lowest BCUT2D eigenvalue weighted by Gasteiger charge is -2.16. The lowest BCUT2D eigenvalue weighted by atomic mass is 10.1. The molecule has 7 heteroatoms. The van der Waals surface area contributed by atoms with Gasteiger partial charge in [0.15, 0.2) is 5.17 Å². The molecule has 3 rings (SSSR count). The monoisotopic (exact) mass is 425 g/mol. The number of benzene rings is 2. The lowest BCUT2D eigenvalue weighted by Crippen LogP contribution is -2.35. The zero-order valence-electron chi connectivity index (χ0n) is 17.8. The average molecular weight is 426 g/mol. The highest BCUT2D eigenvalue weighted by Gasteiger charge is 2.39. The fraction of sp³-hybridized carbons (Fsp3) is 0.348. The van der Waals surface area contributed by atoms with E-state index in [4.69, 9.17) is 9.73 Å². The maximum Gasteiger partial charge on any atom is 0.242 e. The second-order valence-electron chi connectivity index (χ2n) is 7.34. The molecule has 2 aromatic rings. The van der Waals surface area contributed by atoms with E-state index in [2.05, 4.69) is 5.32 Å². The van der Waals surface area contributed by atoms with Crippen LogP contribution in [0.5, 0.6) is 0 Å². The standard InChI is InChI=1S/C23H27N3O3S/c1-15-9-10-17(3)19(13-15)24-21(27)14-20-22(28)26(11-12-29-4)23(30-20)25-18-8-6-5-7-16(18)2/h5-10,13,20H,11-12,14H2,1-4H3,(H,24,27)/t20-/m1/s1. The summed E-state index contributed by atoms with van der Waals surface area (Å²) < 4.78 is 5.16. The summed E-state index contributed by atoms with van der Waals surface area (Å²) in [6, 6.07) is 13.7. The first-order valence-electron chi connectivity index (χ1n) is 9.87. The van der Waals surface area contributed by atoms with Crippen LogP contribution in [0.2, 0.25) is 0 Å². The Balaban J connectivity index is 1.76. The largest absolute Gasteiger partial charge is 0.383 e. The van der Waals surface area contributed by atoms with Gasteiger partial charge in [-0.05, 0) is 49.6 Å². The van der Waals surface area contributed by atoms with Gasteiger partial charge in [-0.1, -0.05) is 42.1 Å². The minimum Gasteiger partial charge on any atom is -0.383 e. The van der Waals surface area contributed by atoms with Gasteiger partial charge in [0, 0.05) is 19.2 Å². The minimum atomic E-state index is -0.505. The van der Waals surface area contributed by atoms with Gasteiger partial charge in [0.2, 0.25) is 11.8 Å². The molecule has 0 bridgehead atoms. The zero-order chi connectivity index (χ0) is 21.7. The normalized spacial score (nSPS) is 17.6. The summed E-state index contributed by atoms with van der Waals surface area (Å²) in [7, 11) is 1.60. The molecule has 1 fully saturated rings. The number of amidine groups is 1. The molecule has 1 N–H and O–H groups in total. The van der Waals surface area contributed by atoms with Crippen molar-refractivity contribution in [2.45, 2.75) is 32.4 Å². The van der Waals surface area contributed by atoms with E-state index < -0.39 is 5.25 Å². The molecule has 1 aliphatic rings. The maximum absolute atomic E-state index is 13.0. The topological polar surface area (TPSA) is 71.0 Å². The van der Waals surface area contributed by atoms with Crippen LogP contribution in [0.25, 0.3) is 0 Å². The Labute approximate surface area is 181 Å². The molecular formula is C23H27N3O3S. The molecule has 0 saturated carbocycles. The summed E-state index contributed by atoms with van der Waals surface area (Å²) in [5.74, 6) is -0.293. The first-order valence-corrected chi connectivity index (χ1v) is 10.8. The Morgan fingerprint density at radius 1 is 1.17 bits per heavy atom. The lowest BCUT2D eigenvalue weighted by molar-refractivity contribution is -0.128. The Morgan fingerprint density at radius 3 is 2.67 bits per heavy atom. The first-order chi connectivity index (χ1) is 14.4. The van der Waals surface area contributed by atoms with Crippen molar-refractivity contribution in [1.82, 2.24) is 4.90 Å². The SMILES string of the molecule is COCCN1C(=O)[C@@H](CC(=O)Nc2cc(C)ccc2C)SC1=Nc1ccccc1C. The van der Waals surface area contributed by atoms with E-state index in [1.165, 1.54) is 11.8 Å². The summed E-state index contributed by atoms with van der Waals surface area (Å²) in [4.78, 5) is 32.0. The van der Waals surface area contributed by atoms with E-state index in [1.807, 2.05) is 63.2 Å². The molecule has 158 valence electrons. The van der Waals surface area contributed by atoms with Gasteiger partial charge in [0.1, 0.15) is 5.25 Å². The van der Waals surface area contributed by atoms with Crippen LogP contribution < -0.4 is 5.32 Å². The fourth-order valence-corrected chi connectivity index (χ4v) is 4.32. The van der Waals surface area contributed by atoms with E-state index in [-0.39, 0.29) is 18.2 Å². The van der Waals surface area contributed by atoms with E-state index in [0.29, 0.717) is 18.3 Å². The number of nitrogens with one attached hydrogen (secondary N) is 1. The van der Waals surface area contributed by atoms with Crippen molar-refractivity contribution < 1.29 is 14.3 Å². The highest BCUT2D eigenvalue weighted by atomic mass is 32.2. The van der Waals surface area contributed by atoms with Crippen molar-refractivity contribution in [2.24, 2.45) is 4.99 Å². The van der Waals surface area contributed by atoms with Gasteiger partial charge in [-0.3, -0.25) is 14.5 Å². The number of rotatable bonds is 7. The van der Waals surface area contributed by atoms with Crippen molar-refractivity contribution in [1.29, 1.82) is 0 Å². The highest BCUT2D eigenvalue weighted by molar-refractivity contribution is 8.15. The summed E-state index contributed by atoms with van der Waals surface area (Å²) in [5.41, 5.74) is 4.68. The molecule has 6 nitrogen and oxygen atoms in total. The molecular weight excluding hydrogens is 398 g/mol. The number of thioether (sulfide) groups is 1. The first kappa shape index (κ1) is 22.1. The number of methoxy groups -OCH3 is 1. The van der Waals surface area contributed by atoms with Gasteiger partial charge >= 0.3 is 0 Å². The van der Waals surface area contributed by atoms with Crippen molar-refractivity contribution in [3.05, 3.63) is 59.2 Å². The van der Waals surface area contributed by atoms with Crippen molar-refractivity contribution in [2.75, 3.05) is 25.6 Å². The van der Waals surface area contributed by atoms with Crippen LogP contribution in [0.3, 0.4) is 0 Å². The number of nitrogens with zero attached hydrogens (tertiary/aromatic N) is 2. The molecule has 0 radical (unpaired) electrons. The van der Waals surface area contributed by atoms with E-state index in [1.54, 1.807) is 12.0 Å². The van der Waals surface area contributed by atoms with Crippen LogP contribution in [-0.4, -0.2) is 47.4 Å². The number of ether oxygens (including phenoxy) is 1. The molecule has 0 aromatic heterocycles. The number of hydrogen-bond acceptors (Lipinski definition) is 5. The number of hydrogen-bond donors (Lipinski definition) is 1. The van der Waals surface area contributed by atoms with Gasteiger partial charge < -0.3 is 10.1 Å². The zero-order valence-corrected chi connectivity index (χ0v) is 18.6. The van der Waals surface area contributed by atoms with Crippen molar-refractivity contribution in [3.8, 4) is 0 Å². The Morgan fingerprint density at radius 2 is 1.93 bits per heavy atom. The number of amides is 2. The van der Waals surface area contributed by atoms with Crippen LogP contribution in [-0.2, 0) is 14.3 Å². The number of aliphatic imine (C=N–C) groups is 1. The number of carbonyl (C=O) groups is 2. The molecule has 2 amide bonds. The van der Waals surface area contributed by atoms with E-state index >= 15 is 0 Å². The minimum absolute atomic E-state index is 0.0904. The fourth-order valence-electron chi connectivity index (χ4n) is 3.15. The number of para-hydroxylation sites is 1. The van der Waals surface area contributed by atoms with Crippen LogP contribution in [0.4, 0.5) is 11.4 Å². The smallest absolute Gasteiger partial charge is 0.242 e. The third kappa shape index (κ3) is 5.29. The van der Waals surface area contributed by atoms with E-state index in [9.17, 15) is 9.59 Å². The van der Waals surface area contributed by atoms with Gasteiger partial charge in [0.05, 0.1) is 18.8 Å². The number of aryl methyl sites for hydroxylation is 3. The van der Waals surface area contributed by atoms with Gasteiger partial charge in [0.25, 0.3) is 0 Å². The summed E-state index contributed by atoms with van der Waals surface area (Å²) in [6.07, 6.45) is 0.0904. The number of carbonyl (C=O) groups excluding carboxylic acids is 2. The molecule has 2 aromatic carbocycles. The van der Waals surface area contributed by atoms with E-state index in [0.717, 1.165) is 28.1 Å². The Kier molecular flexibility index (Phi) is 7.29. The molecule has 0 unspecified atom stereocenters. The van der Waals surface area contributed by atoms with Crippen LogP contribution in [0.1, 0.15) is 23.1 Å². The second kappa shape index (κ2) is 9.91. The molecule has 0 aliphatic carbocycles. The Hall–Kier alpha value is -2.64. The average Bonchev–Trinajstić information content (AvgIpc) is 2.99.